The second-order valence-electron chi connectivity index (χ2n) is 6.85. The fraction of sp³-hybridized carbons (Fsp3) is 0.684. The van der Waals surface area contributed by atoms with E-state index in [-0.39, 0.29) is 12.2 Å². The van der Waals surface area contributed by atoms with Gasteiger partial charge in [-0.2, -0.15) is 0 Å². The van der Waals surface area contributed by atoms with Gasteiger partial charge < -0.3 is 9.84 Å². The highest BCUT2D eigenvalue weighted by Gasteiger charge is 2.36. The predicted octanol–water partition coefficient (Wildman–Crippen LogP) is 4.21. The van der Waals surface area contributed by atoms with E-state index in [0.717, 1.165) is 37.5 Å². The van der Waals surface area contributed by atoms with Crippen molar-refractivity contribution in [3.05, 3.63) is 35.9 Å². The minimum Gasteiger partial charge on any atom is -0.396 e. The van der Waals surface area contributed by atoms with Gasteiger partial charge in [-0.1, -0.05) is 44.2 Å². The van der Waals surface area contributed by atoms with Crippen LogP contribution in [0, 0.1) is 11.8 Å². The Morgan fingerprint density at radius 1 is 1.19 bits per heavy atom. The minimum atomic E-state index is -0.0120. The summed E-state index contributed by atoms with van der Waals surface area (Å²) in [5, 5.41) is 9.00. The number of aliphatic hydroxyl groups excluding tert-OH is 1. The lowest BCUT2D eigenvalue weighted by atomic mass is 9.72. The maximum Gasteiger partial charge on any atom is 0.0722 e. The van der Waals surface area contributed by atoms with Crippen LogP contribution < -0.4 is 0 Å². The standard InChI is InChI=1S/C19H30O2/c1-16(2)18-9-11-19(12-10-18,21-14-6-13-20)15-17-7-4-3-5-8-17/h3-5,7-8,16,18,20H,6,9-15H2,1-2H3. The average molecular weight is 290 g/mol. The lowest BCUT2D eigenvalue weighted by molar-refractivity contribution is -0.0837. The number of hydrogen-bond acceptors (Lipinski definition) is 2. The molecule has 21 heavy (non-hydrogen) atoms. The zero-order valence-electron chi connectivity index (χ0n) is 13.6. The van der Waals surface area contributed by atoms with Crippen LogP contribution >= 0.6 is 0 Å². The third-order valence-corrected chi connectivity index (χ3v) is 4.96. The molecular formula is C19H30O2. The summed E-state index contributed by atoms with van der Waals surface area (Å²) in [5.41, 5.74) is 1.35. The fourth-order valence-electron chi connectivity index (χ4n) is 3.53. The van der Waals surface area contributed by atoms with Gasteiger partial charge in [-0.15, -0.1) is 0 Å². The normalized spacial score (nSPS) is 26.2. The molecule has 1 aromatic rings. The first-order chi connectivity index (χ1) is 10.2. The summed E-state index contributed by atoms with van der Waals surface area (Å²) in [6.45, 7) is 5.56. The second-order valence-corrected chi connectivity index (χ2v) is 6.85. The van der Waals surface area contributed by atoms with Crippen molar-refractivity contribution in [2.75, 3.05) is 13.2 Å². The molecule has 0 aliphatic heterocycles. The maximum absolute atomic E-state index is 9.00. The van der Waals surface area contributed by atoms with Gasteiger partial charge in [-0.05, 0) is 49.5 Å². The fourth-order valence-corrected chi connectivity index (χ4v) is 3.53. The Kier molecular flexibility index (Phi) is 6.25. The molecule has 0 aromatic heterocycles. The van der Waals surface area contributed by atoms with E-state index in [2.05, 4.69) is 44.2 Å². The topological polar surface area (TPSA) is 29.5 Å². The smallest absolute Gasteiger partial charge is 0.0722 e. The van der Waals surface area contributed by atoms with Crippen molar-refractivity contribution in [2.24, 2.45) is 11.8 Å². The van der Waals surface area contributed by atoms with E-state index in [1.54, 1.807) is 0 Å². The first kappa shape index (κ1) is 16.5. The second kappa shape index (κ2) is 7.95. The van der Waals surface area contributed by atoms with Gasteiger partial charge in [-0.3, -0.25) is 0 Å². The molecule has 1 aliphatic carbocycles. The van der Waals surface area contributed by atoms with Gasteiger partial charge >= 0.3 is 0 Å². The van der Waals surface area contributed by atoms with E-state index in [9.17, 15) is 0 Å². The summed E-state index contributed by atoms with van der Waals surface area (Å²) in [6, 6.07) is 10.7. The van der Waals surface area contributed by atoms with Crippen LogP contribution in [-0.4, -0.2) is 23.9 Å². The minimum absolute atomic E-state index is 0.0120. The molecule has 1 N–H and O–H groups in total. The summed E-state index contributed by atoms with van der Waals surface area (Å²) >= 11 is 0. The van der Waals surface area contributed by atoms with E-state index >= 15 is 0 Å². The van der Waals surface area contributed by atoms with E-state index in [0.29, 0.717) is 6.61 Å². The van der Waals surface area contributed by atoms with Crippen LogP contribution in [0.4, 0.5) is 0 Å². The summed E-state index contributed by atoms with van der Waals surface area (Å²) in [4.78, 5) is 0. The molecule has 0 bridgehead atoms. The highest BCUT2D eigenvalue weighted by atomic mass is 16.5. The highest BCUT2D eigenvalue weighted by Crippen LogP contribution is 2.40. The molecule has 2 heteroatoms. The highest BCUT2D eigenvalue weighted by molar-refractivity contribution is 5.17. The average Bonchev–Trinajstić information content (AvgIpc) is 2.49. The molecule has 1 aromatic carbocycles. The van der Waals surface area contributed by atoms with Gasteiger partial charge in [0.15, 0.2) is 0 Å². The van der Waals surface area contributed by atoms with Crippen molar-refractivity contribution >= 4 is 0 Å². The Labute approximate surface area is 129 Å². The Morgan fingerprint density at radius 3 is 2.43 bits per heavy atom. The number of ether oxygens (including phenoxy) is 1. The first-order valence-corrected chi connectivity index (χ1v) is 8.44. The van der Waals surface area contributed by atoms with Gasteiger partial charge in [0.25, 0.3) is 0 Å². The van der Waals surface area contributed by atoms with Gasteiger partial charge in [0.1, 0.15) is 0 Å². The lowest BCUT2D eigenvalue weighted by Gasteiger charge is -2.41. The molecule has 0 unspecified atom stereocenters. The van der Waals surface area contributed by atoms with Crippen molar-refractivity contribution in [1.29, 1.82) is 0 Å². The van der Waals surface area contributed by atoms with Gasteiger partial charge in [0.2, 0.25) is 0 Å². The first-order valence-electron chi connectivity index (χ1n) is 8.44. The number of aliphatic hydroxyl groups is 1. The Balaban J connectivity index is 2.01. The number of hydrogen-bond donors (Lipinski definition) is 1. The Hall–Kier alpha value is -0.860. The zero-order valence-corrected chi connectivity index (χ0v) is 13.6. The van der Waals surface area contributed by atoms with Crippen molar-refractivity contribution in [3.63, 3.8) is 0 Å². The molecular weight excluding hydrogens is 260 g/mol. The van der Waals surface area contributed by atoms with Crippen LogP contribution in [0.2, 0.25) is 0 Å². The van der Waals surface area contributed by atoms with E-state index < -0.39 is 0 Å². The van der Waals surface area contributed by atoms with E-state index in [1.807, 2.05) is 0 Å². The Bertz CT molecular complexity index is 391. The largest absolute Gasteiger partial charge is 0.396 e. The molecule has 0 spiro atoms. The summed E-state index contributed by atoms with van der Waals surface area (Å²) in [5.74, 6) is 1.62. The zero-order chi connectivity index (χ0) is 15.1. The van der Waals surface area contributed by atoms with Gasteiger partial charge in [0.05, 0.1) is 5.60 Å². The van der Waals surface area contributed by atoms with Crippen LogP contribution in [0.1, 0.15) is 51.5 Å². The lowest BCUT2D eigenvalue weighted by Crippen LogP contribution is -2.40. The molecule has 1 fully saturated rings. The van der Waals surface area contributed by atoms with Crippen molar-refractivity contribution in [1.82, 2.24) is 0 Å². The molecule has 1 aliphatic rings. The maximum atomic E-state index is 9.00. The molecule has 0 saturated heterocycles. The summed E-state index contributed by atoms with van der Waals surface area (Å²) < 4.78 is 6.28. The molecule has 0 heterocycles. The third kappa shape index (κ3) is 4.82. The summed E-state index contributed by atoms with van der Waals surface area (Å²) in [7, 11) is 0. The number of rotatable bonds is 7. The SMILES string of the molecule is CC(C)C1CCC(Cc2ccccc2)(OCCCO)CC1. The quantitative estimate of drug-likeness (QED) is 0.762. The van der Waals surface area contributed by atoms with E-state index in [4.69, 9.17) is 9.84 Å². The molecule has 2 nitrogen and oxygen atoms in total. The van der Waals surface area contributed by atoms with Crippen LogP contribution in [0.25, 0.3) is 0 Å². The van der Waals surface area contributed by atoms with Crippen molar-refractivity contribution in [3.8, 4) is 0 Å². The van der Waals surface area contributed by atoms with Crippen LogP contribution in [0.3, 0.4) is 0 Å². The van der Waals surface area contributed by atoms with Crippen molar-refractivity contribution < 1.29 is 9.84 Å². The molecule has 0 amide bonds. The Morgan fingerprint density at radius 2 is 1.86 bits per heavy atom. The van der Waals surface area contributed by atoms with Crippen molar-refractivity contribution in [2.45, 2.75) is 58.0 Å². The molecule has 0 atom stereocenters. The van der Waals surface area contributed by atoms with Crippen LogP contribution in [-0.2, 0) is 11.2 Å². The van der Waals surface area contributed by atoms with E-state index in [1.165, 1.54) is 18.4 Å². The predicted molar refractivity (Wildman–Crippen MR) is 87.3 cm³/mol. The molecule has 0 radical (unpaired) electrons. The molecule has 2 rings (SSSR count). The van der Waals surface area contributed by atoms with Gasteiger partial charge in [-0.25, -0.2) is 0 Å². The summed E-state index contributed by atoms with van der Waals surface area (Å²) in [6.07, 6.45) is 6.58. The molecule has 118 valence electrons. The van der Waals surface area contributed by atoms with Crippen LogP contribution in [0.5, 0.6) is 0 Å². The van der Waals surface area contributed by atoms with Crippen LogP contribution in [0.15, 0.2) is 30.3 Å². The van der Waals surface area contributed by atoms with Gasteiger partial charge in [0, 0.05) is 19.6 Å². The monoisotopic (exact) mass is 290 g/mol. The number of benzene rings is 1. The third-order valence-electron chi connectivity index (χ3n) is 4.96. The molecule has 1 saturated carbocycles.